The van der Waals surface area contributed by atoms with Crippen molar-refractivity contribution in [1.82, 2.24) is 14.8 Å². The highest BCUT2D eigenvalue weighted by molar-refractivity contribution is 5.33. The van der Waals surface area contributed by atoms with Crippen molar-refractivity contribution in [1.29, 1.82) is 0 Å². The Bertz CT molecular complexity index is 631. The van der Waals surface area contributed by atoms with Gasteiger partial charge in [0.2, 0.25) is 0 Å². The van der Waals surface area contributed by atoms with E-state index in [0.717, 1.165) is 17.7 Å². The van der Waals surface area contributed by atoms with Gasteiger partial charge in [0.05, 0.1) is 5.56 Å². The van der Waals surface area contributed by atoms with E-state index in [9.17, 15) is 13.2 Å². The fourth-order valence-electron chi connectivity index (χ4n) is 2.83. The van der Waals surface area contributed by atoms with Crippen molar-refractivity contribution in [3.63, 3.8) is 0 Å². The first-order chi connectivity index (χ1) is 9.47. The third-order valence-corrected chi connectivity index (χ3v) is 3.84. The van der Waals surface area contributed by atoms with Crippen molar-refractivity contribution < 1.29 is 13.2 Å². The largest absolute Gasteiger partial charge is 0.416 e. The van der Waals surface area contributed by atoms with Crippen molar-refractivity contribution in [3.05, 3.63) is 47.0 Å². The van der Waals surface area contributed by atoms with Gasteiger partial charge in [0.25, 0.3) is 0 Å². The second-order valence-electron chi connectivity index (χ2n) is 5.09. The summed E-state index contributed by atoms with van der Waals surface area (Å²) >= 11 is 0. The Morgan fingerprint density at radius 3 is 2.70 bits per heavy atom. The van der Waals surface area contributed by atoms with Crippen LogP contribution in [0.3, 0.4) is 0 Å². The first kappa shape index (κ1) is 13.1. The predicted molar refractivity (Wildman–Crippen MR) is 67.3 cm³/mol. The van der Waals surface area contributed by atoms with Gasteiger partial charge in [-0.3, -0.25) is 0 Å². The number of aryl methyl sites for hydroxylation is 2. The molecule has 1 aliphatic rings. The summed E-state index contributed by atoms with van der Waals surface area (Å²) in [5.74, 6) is 1.48. The van der Waals surface area contributed by atoms with Crippen LogP contribution in [-0.2, 0) is 19.1 Å². The van der Waals surface area contributed by atoms with Crippen LogP contribution >= 0.6 is 0 Å². The molecule has 2 aromatic rings. The predicted octanol–water partition coefficient (Wildman–Crippen LogP) is 3.34. The van der Waals surface area contributed by atoms with E-state index in [1.807, 2.05) is 11.5 Å². The molecule has 3 nitrogen and oxygen atoms in total. The highest BCUT2D eigenvalue weighted by Crippen LogP contribution is 2.38. The van der Waals surface area contributed by atoms with E-state index in [2.05, 4.69) is 10.2 Å². The fraction of sp³-hybridized carbons (Fsp3) is 0.429. The average molecular weight is 281 g/mol. The Hall–Kier alpha value is -1.85. The molecule has 0 radical (unpaired) electrons. The van der Waals surface area contributed by atoms with Crippen LogP contribution in [0.5, 0.6) is 0 Å². The number of hydrogen-bond donors (Lipinski definition) is 0. The molecule has 3 rings (SSSR count). The SMILES string of the molecule is Cc1nnc2n1CC(c1ccccc1C(F)(F)F)CC2. The molecule has 1 unspecified atom stereocenters. The third kappa shape index (κ3) is 2.19. The molecule has 1 aromatic heterocycles. The van der Waals surface area contributed by atoms with Gasteiger partial charge < -0.3 is 4.57 Å². The summed E-state index contributed by atoms with van der Waals surface area (Å²) in [7, 11) is 0. The molecular formula is C14H14F3N3. The van der Waals surface area contributed by atoms with E-state index in [1.54, 1.807) is 12.1 Å². The number of alkyl halides is 3. The Kier molecular flexibility index (Phi) is 3.03. The topological polar surface area (TPSA) is 30.7 Å². The molecule has 20 heavy (non-hydrogen) atoms. The van der Waals surface area contributed by atoms with Crippen molar-refractivity contribution in [3.8, 4) is 0 Å². The van der Waals surface area contributed by atoms with Crippen LogP contribution in [0.15, 0.2) is 24.3 Å². The summed E-state index contributed by atoms with van der Waals surface area (Å²) in [6.45, 7) is 2.34. The van der Waals surface area contributed by atoms with Crippen LogP contribution < -0.4 is 0 Å². The van der Waals surface area contributed by atoms with Gasteiger partial charge in [0, 0.05) is 18.9 Å². The first-order valence-corrected chi connectivity index (χ1v) is 6.51. The quantitative estimate of drug-likeness (QED) is 0.802. The van der Waals surface area contributed by atoms with Crippen LogP contribution in [0, 0.1) is 6.92 Å². The Labute approximate surface area is 114 Å². The lowest BCUT2D eigenvalue weighted by Gasteiger charge is -2.26. The van der Waals surface area contributed by atoms with Crippen LogP contribution in [0.25, 0.3) is 0 Å². The normalized spacial score (nSPS) is 18.9. The van der Waals surface area contributed by atoms with E-state index in [1.165, 1.54) is 6.07 Å². The smallest absolute Gasteiger partial charge is 0.315 e. The number of rotatable bonds is 1. The third-order valence-electron chi connectivity index (χ3n) is 3.84. The summed E-state index contributed by atoms with van der Waals surface area (Å²) in [5.41, 5.74) is -0.155. The van der Waals surface area contributed by atoms with E-state index in [4.69, 9.17) is 0 Å². The van der Waals surface area contributed by atoms with Crippen molar-refractivity contribution in [2.24, 2.45) is 0 Å². The zero-order chi connectivity index (χ0) is 14.3. The highest BCUT2D eigenvalue weighted by atomic mass is 19.4. The summed E-state index contributed by atoms with van der Waals surface area (Å²) in [4.78, 5) is 0. The first-order valence-electron chi connectivity index (χ1n) is 6.51. The molecule has 0 fully saturated rings. The minimum atomic E-state index is -4.31. The second-order valence-corrected chi connectivity index (χ2v) is 5.09. The Morgan fingerprint density at radius 2 is 1.95 bits per heavy atom. The summed E-state index contributed by atoms with van der Waals surface area (Å²) < 4.78 is 41.2. The molecule has 1 atom stereocenters. The maximum atomic E-state index is 13.1. The molecule has 0 amide bonds. The molecule has 0 saturated carbocycles. The van der Waals surface area contributed by atoms with Crippen molar-refractivity contribution >= 4 is 0 Å². The van der Waals surface area contributed by atoms with Gasteiger partial charge >= 0.3 is 6.18 Å². The standard InChI is InChI=1S/C14H14F3N3/c1-9-18-19-13-7-6-10(8-20(9)13)11-4-2-3-5-12(11)14(15,16)17/h2-5,10H,6-8H2,1H3. The second kappa shape index (κ2) is 4.61. The van der Waals surface area contributed by atoms with Gasteiger partial charge in [0.15, 0.2) is 0 Å². The molecule has 2 heterocycles. The summed E-state index contributed by atoms with van der Waals surface area (Å²) in [6, 6.07) is 5.84. The highest BCUT2D eigenvalue weighted by Gasteiger charge is 2.36. The minimum absolute atomic E-state index is 0.143. The van der Waals surface area contributed by atoms with Crippen molar-refractivity contribution in [2.45, 2.75) is 38.4 Å². The molecule has 106 valence electrons. The van der Waals surface area contributed by atoms with Gasteiger partial charge in [-0.1, -0.05) is 18.2 Å². The van der Waals surface area contributed by atoms with E-state index >= 15 is 0 Å². The van der Waals surface area contributed by atoms with Crippen LogP contribution in [0.2, 0.25) is 0 Å². The van der Waals surface area contributed by atoms with E-state index in [-0.39, 0.29) is 5.92 Å². The number of benzene rings is 1. The van der Waals surface area contributed by atoms with Gasteiger partial charge in [-0.2, -0.15) is 13.2 Å². The molecule has 0 N–H and O–H groups in total. The van der Waals surface area contributed by atoms with Gasteiger partial charge in [-0.15, -0.1) is 10.2 Å². The molecule has 1 aromatic carbocycles. The zero-order valence-corrected chi connectivity index (χ0v) is 11.0. The molecule has 0 spiro atoms. The molecule has 0 bridgehead atoms. The zero-order valence-electron chi connectivity index (χ0n) is 11.0. The molecule has 0 saturated heterocycles. The monoisotopic (exact) mass is 281 g/mol. The summed E-state index contributed by atoms with van der Waals surface area (Å²) in [6.07, 6.45) is -2.97. The Balaban J connectivity index is 1.98. The van der Waals surface area contributed by atoms with Crippen LogP contribution in [0.1, 0.15) is 35.1 Å². The number of halogens is 3. The molecule has 0 aliphatic carbocycles. The lowest BCUT2D eigenvalue weighted by atomic mass is 9.88. The average Bonchev–Trinajstić information content (AvgIpc) is 2.79. The number of nitrogens with zero attached hydrogens (tertiary/aromatic N) is 3. The van der Waals surface area contributed by atoms with Gasteiger partial charge in [-0.05, 0) is 25.0 Å². The lowest BCUT2D eigenvalue weighted by Crippen LogP contribution is -2.22. The van der Waals surface area contributed by atoms with Gasteiger partial charge in [-0.25, -0.2) is 0 Å². The fourth-order valence-corrected chi connectivity index (χ4v) is 2.83. The summed E-state index contributed by atoms with van der Waals surface area (Å²) in [5, 5.41) is 8.03. The van der Waals surface area contributed by atoms with Crippen molar-refractivity contribution in [2.75, 3.05) is 0 Å². The molecule has 6 heteroatoms. The molecular weight excluding hydrogens is 267 g/mol. The van der Waals surface area contributed by atoms with Crippen LogP contribution in [0.4, 0.5) is 13.2 Å². The van der Waals surface area contributed by atoms with E-state index in [0.29, 0.717) is 24.9 Å². The number of hydrogen-bond acceptors (Lipinski definition) is 2. The maximum absolute atomic E-state index is 13.1. The van der Waals surface area contributed by atoms with Gasteiger partial charge in [0.1, 0.15) is 11.6 Å². The minimum Gasteiger partial charge on any atom is -0.315 e. The van der Waals surface area contributed by atoms with Crippen LogP contribution in [-0.4, -0.2) is 14.8 Å². The maximum Gasteiger partial charge on any atom is 0.416 e. The molecule has 1 aliphatic heterocycles. The van der Waals surface area contributed by atoms with E-state index < -0.39 is 11.7 Å². The lowest BCUT2D eigenvalue weighted by molar-refractivity contribution is -0.138. The number of aromatic nitrogens is 3. The Morgan fingerprint density at radius 1 is 1.20 bits per heavy atom. The number of fused-ring (bicyclic) bond motifs is 1.